The van der Waals surface area contributed by atoms with Crippen LogP contribution in [0.2, 0.25) is 0 Å². The van der Waals surface area contributed by atoms with Crippen molar-refractivity contribution in [3.05, 3.63) is 35.6 Å². The van der Waals surface area contributed by atoms with Gasteiger partial charge in [0.05, 0.1) is 18.1 Å². The van der Waals surface area contributed by atoms with Crippen molar-refractivity contribution in [1.82, 2.24) is 9.80 Å². The molecule has 3 aliphatic rings. The second kappa shape index (κ2) is 6.21. The summed E-state index contributed by atoms with van der Waals surface area (Å²) in [5, 5.41) is 0. The van der Waals surface area contributed by atoms with Crippen molar-refractivity contribution < 1.29 is 13.9 Å². The second-order valence-corrected chi connectivity index (χ2v) is 6.99. The number of benzene rings is 1. The molecular formula is C18H23FN2O2. The Bertz CT molecular complexity index is 571. The van der Waals surface area contributed by atoms with Crippen LogP contribution in [-0.2, 0) is 16.1 Å². The molecule has 5 heteroatoms. The molecule has 1 aromatic carbocycles. The molecule has 0 spiro atoms. The Labute approximate surface area is 136 Å². The molecule has 124 valence electrons. The number of hydrogen-bond donors (Lipinski definition) is 0. The largest absolute Gasteiger partial charge is 0.371 e. The number of likely N-dealkylation sites (tertiary alicyclic amines) is 2. The van der Waals surface area contributed by atoms with E-state index >= 15 is 0 Å². The summed E-state index contributed by atoms with van der Waals surface area (Å²) in [6.07, 6.45) is 3.28. The summed E-state index contributed by atoms with van der Waals surface area (Å²) in [6.45, 7) is 4.26. The van der Waals surface area contributed by atoms with Crippen LogP contribution in [0.25, 0.3) is 0 Å². The van der Waals surface area contributed by atoms with Gasteiger partial charge in [0.2, 0.25) is 5.91 Å². The third-order valence-electron chi connectivity index (χ3n) is 5.29. The lowest BCUT2D eigenvalue weighted by molar-refractivity contribution is -0.137. The first-order chi connectivity index (χ1) is 11.2. The zero-order valence-corrected chi connectivity index (χ0v) is 13.3. The maximum absolute atomic E-state index is 13.0. The van der Waals surface area contributed by atoms with Gasteiger partial charge in [-0.3, -0.25) is 9.69 Å². The van der Waals surface area contributed by atoms with Crippen LogP contribution in [0.5, 0.6) is 0 Å². The normalized spacial score (nSPS) is 30.8. The van der Waals surface area contributed by atoms with Crippen molar-refractivity contribution in [3.8, 4) is 0 Å². The van der Waals surface area contributed by atoms with Gasteiger partial charge in [-0.05, 0) is 37.0 Å². The van der Waals surface area contributed by atoms with Crippen LogP contribution in [0.3, 0.4) is 0 Å². The van der Waals surface area contributed by atoms with E-state index in [9.17, 15) is 9.18 Å². The summed E-state index contributed by atoms with van der Waals surface area (Å²) in [7, 11) is 0. The molecule has 1 aromatic rings. The fraction of sp³-hybridized carbons (Fsp3) is 0.611. The third kappa shape index (κ3) is 3.12. The van der Waals surface area contributed by atoms with Gasteiger partial charge in [-0.15, -0.1) is 0 Å². The zero-order valence-electron chi connectivity index (χ0n) is 13.3. The van der Waals surface area contributed by atoms with Crippen LogP contribution in [0, 0.1) is 11.7 Å². The van der Waals surface area contributed by atoms with Gasteiger partial charge >= 0.3 is 0 Å². The molecule has 23 heavy (non-hydrogen) atoms. The number of fused-ring (bicyclic) bond motifs is 2. The van der Waals surface area contributed by atoms with Crippen LogP contribution in [0.1, 0.15) is 24.8 Å². The lowest BCUT2D eigenvalue weighted by Crippen LogP contribution is -2.45. The lowest BCUT2D eigenvalue weighted by Gasteiger charge is -2.33. The first-order valence-corrected chi connectivity index (χ1v) is 8.60. The van der Waals surface area contributed by atoms with E-state index in [4.69, 9.17) is 4.74 Å². The number of hydrogen-bond acceptors (Lipinski definition) is 3. The van der Waals surface area contributed by atoms with E-state index in [-0.39, 0.29) is 23.9 Å². The zero-order chi connectivity index (χ0) is 15.8. The van der Waals surface area contributed by atoms with Gasteiger partial charge in [-0.2, -0.15) is 0 Å². The Balaban J connectivity index is 1.39. The molecule has 0 aromatic heterocycles. The maximum Gasteiger partial charge on any atom is 0.228 e. The fourth-order valence-corrected chi connectivity index (χ4v) is 4.15. The molecule has 3 atom stereocenters. The number of rotatable bonds is 3. The van der Waals surface area contributed by atoms with Gasteiger partial charge in [0.15, 0.2) is 0 Å². The van der Waals surface area contributed by atoms with Gasteiger partial charge in [0.25, 0.3) is 0 Å². The molecule has 3 heterocycles. The average molecular weight is 318 g/mol. The first-order valence-electron chi connectivity index (χ1n) is 8.60. The third-order valence-corrected chi connectivity index (χ3v) is 5.29. The van der Waals surface area contributed by atoms with Gasteiger partial charge in [0, 0.05) is 32.7 Å². The van der Waals surface area contributed by atoms with E-state index in [0.29, 0.717) is 5.91 Å². The summed E-state index contributed by atoms with van der Waals surface area (Å²) in [6, 6.07) is 6.67. The van der Waals surface area contributed by atoms with Crippen LogP contribution >= 0.6 is 0 Å². The molecule has 4 nitrogen and oxygen atoms in total. The summed E-state index contributed by atoms with van der Waals surface area (Å²) < 4.78 is 19.0. The highest BCUT2D eigenvalue weighted by Gasteiger charge is 2.45. The minimum atomic E-state index is -0.202. The second-order valence-electron chi connectivity index (χ2n) is 6.99. The molecule has 3 aliphatic heterocycles. The molecular weight excluding hydrogens is 295 g/mol. The summed E-state index contributed by atoms with van der Waals surface area (Å²) >= 11 is 0. The van der Waals surface area contributed by atoms with E-state index in [1.54, 1.807) is 0 Å². The SMILES string of the molecule is O=C([C@@H]1C[C@H]2CN(Cc3ccc(F)cc3)C[C@@H]1O2)N1CCCC1. The predicted octanol–water partition coefficient (Wildman–Crippen LogP) is 2.04. The molecule has 0 aliphatic carbocycles. The highest BCUT2D eigenvalue weighted by Crippen LogP contribution is 2.34. The topological polar surface area (TPSA) is 32.8 Å². The molecule has 0 N–H and O–H groups in total. The van der Waals surface area contributed by atoms with Crippen molar-refractivity contribution in [2.45, 2.75) is 38.0 Å². The molecule has 3 fully saturated rings. The smallest absolute Gasteiger partial charge is 0.228 e. The molecule has 1 amide bonds. The van der Waals surface area contributed by atoms with Crippen molar-refractivity contribution in [3.63, 3.8) is 0 Å². The predicted molar refractivity (Wildman–Crippen MR) is 84.3 cm³/mol. The van der Waals surface area contributed by atoms with E-state index < -0.39 is 0 Å². The van der Waals surface area contributed by atoms with Crippen LogP contribution in [0.15, 0.2) is 24.3 Å². The summed E-state index contributed by atoms with van der Waals surface area (Å²) in [5.74, 6) is 0.113. The van der Waals surface area contributed by atoms with E-state index in [1.807, 2.05) is 17.0 Å². The van der Waals surface area contributed by atoms with Gasteiger partial charge in [0.1, 0.15) is 5.82 Å². The van der Waals surface area contributed by atoms with Crippen LogP contribution < -0.4 is 0 Å². The number of morpholine rings is 1. The Morgan fingerprint density at radius 2 is 1.91 bits per heavy atom. The van der Waals surface area contributed by atoms with E-state index in [1.165, 1.54) is 12.1 Å². The highest BCUT2D eigenvalue weighted by molar-refractivity contribution is 5.80. The van der Waals surface area contributed by atoms with Crippen molar-refractivity contribution in [1.29, 1.82) is 0 Å². The van der Waals surface area contributed by atoms with Gasteiger partial charge < -0.3 is 9.64 Å². The Morgan fingerprint density at radius 1 is 1.17 bits per heavy atom. The lowest BCUT2D eigenvalue weighted by atomic mass is 9.99. The number of halogens is 1. The van der Waals surface area contributed by atoms with Gasteiger partial charge in [-0.25, -0.2) is 4.39 Å². The maximum atomic E-state index is 13.0. The Kier molecular flexibility index (Phi) is 4.07. The number of nitrogens with zero attached hydrogens (tertiary/aromatic N) is 2. The fourth-order valence-electron chi connectivity index (χ4n) is 4.15. The highest BCUT2D eigenvalue weighted by atomic mass is 19.1. The summed E-state index contributed by atoms with van der Waals surface area (Å²) in [4.78, 5) is 17.0. The molecule has 4 rings (SSSR count). The Hall–Kier alpha value is -1.46. The van der Waals surface area contributed by atoms with Crippen LogP contribution in [0.4, 0.5) is 4.39 Å². The number of ether oxygens (including phenoxy) is 1. The molecule has 0 radical (unpaired) electrons. The van der Waals surface area contributed by atoms with Crippen molar-refractivity contribution in [2.24, 2.45) is 5.92 Å². The van der Waals surface area contributed by atoms with Crippen molar-refractivity contribution in [2.75, 3.05) is 26.2 Å². The monoisotopic (exact) mass is 318 g/mol. The molecule has 0 saturated carbocycles. The first kappa shape index (κ1) is 15.1. The average Bonchev–Trinajstić information content (AvgIpc) is 3.17. The standard InChI is InChI=1S/C18H23FN2O2/c19-14-5-3-13(4-6-14)10-20-11-15-9-16(17(12-20)23-15)18(22)21-7-1-2-8-21/h3-6,15-17H,1-2,7-12H2/t15-,16+,17-/m0/s1. The van der Waals surface area contributed by atoms with Crippen molar-refractivity contribution >= 4 is 5.91 Å². The molecule has 0 unspecified atom stereocenters. The summed E-state index contributed by atoms with van der Waals surface area (Å²) in [5.41, 5.74) is 1.11. The quantitative estimate of drug-likeness (QED) is 0.855. The molecule has 3 saturated heterocycles. The van der Waals surface area contributed by atoms with Crippen LogP contribution in [-0.4, -0.2) is 54.1 Å². The number of amides is 1. The minimum Gasteiger partial charge on any atom is -0.371 e. The van der Waals surface area contributed by atoms with Gasteiger partial charge in [-0.1, -0.05) is 12.1 Å². The minimum absolute atomic E-state index is 0.0160. The van der Waals surface area contributed by atoms with E-state index in [0.717, 1.165) is 57.5 Å². The Morgan fingerprint density at radius 3 is 2.65 bits per heavy atom. The van der Waals surface area contributed by atoms with E-state index in [2.05, 4.69) is 4.90 Å². The number of carbonyl (C=O) groups is 1. The molecule has 2 bridgehead atoms. The number of carbonyl (C=O) groups excluding carboxylic acids is 1.